The SMILES string of the molecule is CS(=O)(=O)c1ccc(-c2cnc(N)c(-c3ccc(-c4ccc(S(C)(=O)=O)cc4)nc3)c2)cc1. The molecule has 0 saturated heterocycles. The number of nitrogen functional groups attached to an aromatic ring is 1. The summed E-state index contributed by atoms with van der Waals surface area (Å²) in [7, 11) is -6.53. The van der Waals surface area contributed by atoms with E-state index in [2.05, 4.69) is 9.97 Å². The van der Waals surface area contributed by atoms with Gasteiger partial charge in [0.15, 0.2) is 19.7 Å². The molecule has 0 spiro atoms. The molecule has 0 atom stereocenters. The predicted molar refractivity (Wildman–Crippen MR) is 129 cm³/mol. The lowest BCUT2D eigenvalue weighted by molar-refractivity contribution is 0.600. The van der Waals surface area contributed by atoms with Gasteiger partial charge in [0.05, 0.1) is 15.5 Å². The minimum Gasteiger partial charge on any atom is -0.383 e. The fourth-order valence-electron chi connectivity index (χ4n) is 3.36. The van der Waals surface area contributed by atoms with Gasteiger partial charge in [0.25, 0.3) is 0 Å². The first-order chi connectivity index (χ1) is 15.5. The summed E-state index contributed by atoms with van der Waals surface area (Å²) in [6.07, 6.45) is 5.66. The minimum absolute atomic E-state index is 0.249. The number of nitrogens with zero attached hydrogens (tertiary/aromatic N) is 2. The standard InChI is InChI=1S/C24H21N3O4S2/c1-32(28,29)20-8-3-16(4-9-20)19-13-22(24(25)27-15-19)18-7-12-23(26-14-18)17-5-10-21(11-6-17)33(2,30)31/h3-15H,1-2H3,(H2,25,27). The van der Waals surface area contributed by atoms with Crippen LogP contribution in [-0.2, 0) is 19.7 Å². The molecule has 4 aromatic rings. The van der Waals surface area contributed by atoms with Crippen LogP contribution in [0.25, 0.3) is 33.5 Å². The maximum absolute atomic E-state index is 11.7. The highest BCUT2D eigenvalue weighted by Gasteiger charge is 2.11. The molecule has 0 amide bonds. The van der Waals surface area contributed by atoms with E-state index in [1.165, 1.54) is 12.5 Å². The van der Waals surface area contributed by atoms with Crippen LogP contribution in [0.15, 0.2) is 88.9 Å². The fraction of sp³-hybridized carbons (Fsp3) is 0.0833. The Morgan fingerprint density at radius 3 is 1.58 bits per heavy atom. The van der Waals surface area contributed by atoms with Crippen molar-refractivity contribution in [1.82, 2.24) is 9.97 Å². The molecule has 0 fully saturated rings. The molecule has 0 aliphatic carbocycles. The molecular weight excluding hydrogens is 458 g/mol. The van der Waals surface area contributed by atoms with Crippen LogP contribution in [0.3, 0.4) is 0 Å². The van der Waals surface area contributed by atoms with Gasteiger partial charge in [0.1, 0.15) is 5.82 Å². The van der Waals surface area contributed by atoms with E-state index in [-0.39, 0.29) is 9.79 Å². The van der Waals surface area contributed by atoms with Gasteiger partial charge < -0.3 is 5.73 Å². The smallest absolute Gasteiger partial charge is 0.175 e. The van der Waals surface area contributed by atoms with Crippen molar-refractivity contribution in [3.05, 3.63) is 79.1 Å². The molecule has 0 radical (unpaired) electrons. The molecule has 33 heavy (non-hydrogen) atoms. The Bertz CT molecular complexity index is 1530. The first kappa shape index (κ1) is 22.6. The van der Waals surface area contributed by atoms with E-state index < -0.39 is 19.7 Å². The molecule has 168 valence electrons. The van der Waals surface area contributed by atoms with E-state index in [9.17, 15) is 16.8 Å². The molecule has 0 bridgehead atoms. The Balaban J connectivity index is 1.64. The minimum atomic E-state index is -3.27. The molecular formula is C24H21N3O4S2. The second kappa shape index (κ2) is 8.42. The molecule has 0 aliphatic rings. The van der Waals surface area contributed by atoms with E-state index >= 15 is 0 Å². The van der Waals surface area contributed by atoms with Crippen LogP contribution in [0, 0.1) is 0 Å². The molecule has 2 N–H and O–H groups in total. The highest BCUT2D eigenvalue weighted by molar-refractivity contribution is 7.91. The number of anilines is 1. The summed E-state index contributed by atoms with van der Waals surface area (Å²) in [4.78, 5) is 9.29. The molecule has 7 nitrogen and oxygen atoms in total. The number of rotatable bonds is 5. The van der Waals surface area contributed by atoms with Crippen molar-refractivity contribution in [3.63, 3.8) is 0 Å². The lowest BCUT2D eigenvalue weighted by Crippen LogP contribution is -1.98. The number of nitrogens with two attached hydrogens (primary N) is 1. The molecule has 2 heterocycles. The molecule has 2 aromatic heterocycles. The predicted octanol–water partition coefficient (Wildman–Crippen LogP) is 3.87. The van der Waals surface area contributed by atoms with Gasteiger partial charge in [-0.2, -0.15) is 0 Å². The second-order valence-electron chi connectivity index (χ2n) is 7.68. The van der Waals surface area contributed by atoms with E-state index in [1.54, 1.807) is 60.9 Å². The fourth-order valence-corrected chi connectivity index (χ4v) is 4.62. The molecule has 0 aliphatic heterocycles. The van der Waals surface area contributed by atoms with Crippen LogP contribution in [0.1, 0.15) is 0 Å². The van der Waals surface area contributed by atoms with E-state index in [4.69, 9.17) is 5.73 Å². The third-order valence-electron chi connectivity index (χ3n) is 5.19. The molecule has 9 heteroatoms. The number of benzene rings is 2. The number of sulfone groups is 2. The van der Waals surface area contributed by atoms with Gasteiger partial charge in [-0.25, -0.2) is 21.8 Å². The summed E-state index contributed by atoms with van der Waals surface area (Å²) in [6, 6.07) is 18.7. The van der Waals surface area contributed by atoms with Crippen molar-refractivity contribution in [3.8, 4) is 33.5 Å². The average molecular weight is 480 g/mol. The van der Waals surface area contributed by atoms with Crippen molar-refractivity contribution in [2.45, 2.75) is 9.79 Å². The topological polar surface area (TPSA) is 120 Å². The summed E-state index contributed by atoms with van der Waals surface area (Å²) < 4.78 is 46.7. The first-order valence-corrected chi connectivity index (χ1v) is 13.6. The van der Waals surface area contributed by atoms with Gasteiger partial charge in [-0.05, 0) is 42.0 Å². The van der Waals surface area contributed by atoms with Gasteiger partial charge in [-0.15, -0.1) is 0 Å². The van der Waals surface area contributed by atoms with Crippen LogP contribution >= 0.6 is 0 Å². The van der Waals surface area contributed by atoms with Crippen LogP contribution in [0.5, 0.6) is 0 Å². The number of hydrogen-bond acceptors (Lipinski definition) is 7. The summed E-state index contributed by atoms with van der Waals surface area (Å²) in [5, 5.41) is 0. The van der Waals surface area contributed by atoms with Crippen LogP contribution in [-0.4, -0.2) is 39.3 Å². The third-order valence-corrected chi connectivity index (χ3v) is 7.44. The summed E-state index contributed by atoms with van der Waals surface area (Å²) in [6.45, 7) is 0. The number of hydrogen-bond donors (Lipinski definition) is 1. The quantitative estimate of drug-likeness (QED) is 0.461. The van der Waals surface area contributed by atoms with Crippen molar-refractivity contribution >= 4 is 25.5 Å². The lowest BCUT2D eigenvalue weighted by atomic mass is 10.0. The summed E-state index contributed by atoms with van der Waals surface area (Å²) in [5.41, 5.74) is 10.7. The van der Waals surface area contributed by atoms with Gasteiger partial charge in [-0.3, -0.25) is 4.98 Å². The zero-order valence-corrected chi connectivity index (χ0v) is 19.6. The summed E-state index contributed by atoms with van der Waals surface area (Å²) in [5.74, 6) is 0.346. The van der Waals surface area contributed by atoms with E-state index in [1.807, 2.05) is 18.2 Å². The lowest BCUT2D eigenvalue weighted by Gasteiger charge is -2.10. The van der Waals surface area contributed by atoms with Crippen LogP contribution in [0.2, 0.25) is 0 Å². The van der Waals surface area contributed by atoms with Crippen molar-refractivity contribution in [2.24, 2.45) is 0 Å². The maximum Gasteiger partial charge on any atom is 0.175 e. The van der Waals surface area contributed by atoms with Gasteiger partial charge in [0, 0.05) is 47.2 Å². The zero-order chi connectivity index (χ0) is 23.8. The third kappa shape index (κ3) is 4.94. The van der Waals surface area contributed by atoms with Crippen molar-refractivity contribution in [1.29, 1.82) is 0 Å². The van der Waals surface area contributed by atoms with Gasteiger partial charge in [-0.1, -0.05) is 30.3 Å². The number of pyridine rings is 2. The zero-order valence-electron chi connectivity index (χ0n) is 17.9. The Morgan fingerprint density at radius 2 is 1.09 bits per heavy atom. The van der Waals surface area contributed by atoms with E-state index in [0.717, 1.165) is 22.3 Å². The number of aromatic nitrogens is 2. The van der Waals surface area contributed by atoms with Gasteiger partial charge >= 0.3 is 0 Å². The second-order valence-corrected chi connectivity index (χ2v) is 11.7. The largest absolute Gasteiger partial charge is 0.383 e. The first-order valence-electron chi connectivity index (χ1n) is 9.85. The van der Waals surface area contributed by atoms with E-state index in [0.29, 0.717) is 17.1 Å². The Morgan fingerprint density at radius 1 is 0.606 bits per heavy atom. The molecule has 2 aromatic carbocycles. The van der Waals surface area contributed by atoms with Crippen molar-refractivity contribution < 1.29 is 16.8 Å². The highest BCUT2D eigenvalue weighted by Crippen LogP contribution is 2.31. The van der Waals surface area contributed by atoms with Crippen LogP contribution in [0.4, 0.5) is 5.82 Å². The monoisotopic (exact) mass is 479 g/mol. The van der Waals surface area contributed by atoms with Crippen LogP contribution < -0.4 is 5.73 Å². The van der Waals surface area contributed by atoms with Gasteiger partial charge in [0.2, 0.25) is 0 Å². The Labute approximate surface area is 192 Å². The molecule has 0 saturated carbocycles. The average Bonchev–Trinajstić information content (AvgIpc) is 2.79. The summed E-state index contributed by atoms with van der Waals surface area (Å²) >= 11 is 0. The Kier molecular flexibility index (Phi) is 5.77. The Hall–Kier alpha value is -3.56. The maximum atomic E-state index is 11.7. The normalized spacial score (nSPS) is 11.9. The molecule has 4 rings (SSSR count). The highest BCUT2D eigenvalue weighted by atomic mass is 32.2. The molecule has 0 unspecified atom stereocenters. The van der Waals surface area contributed by atoms with Crippen molar-refractivity contribution in [2.75, 3.05) is 18.2 Å².